The van der Waals surface area contributed by atoms with E-state index in [-0.39, 0.29) is 12.2 Å². The smallest absolute Gasteiger partial charge is 0.335 e. The standard InChI is InChI=1S/C18H32O4/c1-2-3-4-5-6-7-9-12-15(19)13-10-8-11-14-16-17(22-16)18(20)21/h6-7,15-17,19H,2-5,8-14H2,1H3,(H,20,21)/b7-6-/t15-,16?,17+/m1/s1. The molecule has 128 valence electrons. The second-order valence-corrected chi connectivity index (χ2v) is 6.27. The lowest BCUT2D eigenvalue weighted by Gasteiger charge is -2.08. The third-order valence-electron chi connectivity index (χ3n) is 4.16. The highest BCUT2D eigenvalue weighted by molar-refractivity contribution is 5.75. The first-order valence-electron chi connectivity index (χ1n) is 8.86. The number of unbranched alkanes of at least 4 members (excludes halogenated alkanes) is 5. The van der Waals surface area contributed by atoms with Crippen LogP contribution in [0.25, 0.3) is 0 Å². The topological polar surface area (TPSA) is 70.1 Å². The van der Waals surface area contributed by atoms with Crippen molar-refractivity contribution in [3.63, 3.8) is 0 Å². The molecule has 4 heteroatoms. The lowest BCUT2D eigenvalue weighted by molar-refractivity contribution is -0.138. The number of hydrogen-bond acceptors (Lipinski definition) is 3. The summed E-state index contributed by atoms with van der Waals surface area (Å²) in [6.45, 7) is 2.21. The number of rotatable bonds is 14. The lowest BCUT2D eigenvalue weighted by atomic mass is 10.0. The molecule has 1 saturated heterocycles. The maximum atomic E-state index is 10.6. The monoisotopic (exact) mass is 312 g/mol. The van der Waals surface area contributed by atoms with Crippen molar-refractivity contribution in [2.75, 3.05) is 0 Å². The minimum atomic E-state index is -0.844. The second kappa shape index (κ2) is 11.7. The lowest BCUT2D eigenvalue weighted by Crippen LogP contribution is -2.08. The zero-order chi connectivity index (χ0) is 16.2. The average Bonchev–Trinajstić information content (AvgIpc) is 3.26. The van der Waals surface area contributed by atoms with Crippen molar-refractivity contribution in [3.05, 3.63) is 12.2 Å². The van der Waals surface area contributed by atoms with E-state index < -0.39 is 12.1 Å². The molecule has 1 rings (SSSR count). The minimum absolute atomic E-state index is 0.0692. The van der Waals surface area contributed by atoms with Crippen molar-refractivity contribution in [1.82, 2.24) is 0 Å². The Labute approximate surface area is 134 Å². The molecule has 4 nitrogen and oxygen atoms in total. The van der Waals surface area contributed by atoms with Crippen molar-refractivity contribution >= 4 is 5.97 Å². The van der Waals surface area contributed by atoms with Gasteiger partial charge in [-0.05, 0) is 38.5 Å². The number of hydrogen-bond donors (Lipinski definition) is 2. The highest BCUT2D eigenvalue weighted by Gasteiger charge is 2.44. The first kappa shape index (κ1) is 19.2. The molecular formula is C18H32O4. The van der Waals surface area contributed by atoms with Crippen molar-refractivity contribution in [2.24, 2.45) is 0 Å². The maximum absolute atomic E-state index is 10.6. The summed E-state index contributed by atoms with van der Waals surface area (Å²) in [5.41, 5.74) is 0. The van der Waals surface area contributed by atoms with Crippen LogP contribution in [-0.2, 0) is 9.53 Å². The van der Waals surface area contributed by atoms with Gasteiger partial charge in [-0.3, -0.25) is 0 Å². The van der Waals surface area contributed by atoms with Gasteiger partial charge in [0.2, 0.25) is 0 Å². The molecular weight excluding hydrogens is 280 g/mol. The van der Waals surface area contributed by atoms with Gasteiger partial charge < -0.3 is 14.9 Å². The molecule has 0 aromatic heterocycles. The normalized spacial score (nSPS) is 22.1. The van der Waals surface area contributed by atoms with Crippen LogP contribution in [0, 0.1) is 0 Å². The summed E-state index contributed by atoms with van der Waals surface area (Å²) in [5.74, 6) is -0.844. The Balaban J connectivity index is 1.85. The molecule has 0 amide bonds. The number of carboxylic acids is 1. The average molecular weight is 312 g/mol. The van der Waals surface area contributed by atoms with Crippen LogP contribution in [-0.4, -0.2) is 34.5 Å². The van der Waals surface area contributed by atoms with E-state index in [1.165, 1.54) is 19.3 Å². The van der Waals surface area contributed by atoms with Gasteiger partial charge in [-0.2, -0.15) is 0 Å². The molecule has 0 bridgehead atoms. The van der Waals surface area contributed by atoms with Crippen LogP contribution in [0.15, 0.2) is 12.2 Å². The number of aliphatic carboxylic acids is 1. The molecule has 0 aliphatic carbocycles. The minimum Gasteiger partial charge on any atom is -0.479 e. The fourth-order valence-electron chi connectivity index (χ4n) is 2.66. The van der Waals surface area contributed by atoms with Gasteiger partial charge in [0.1, 0.15) is 0 Å². The predicted molar refractivity (Wildman–Crippen MR) is 87.9 cm³/mol. The van der Waals surface area contributed by atoms with E-state index in [1.807, 2.05) is 0 Å². The van der Waals surface area contributed by atoms with Gasteiger partial charge in [-0.15, -0.1) is 0 Å². The first-order valence-corrected chi connectivity index (χ1v) is 8.86. The summed E-state index contributed by atoms with van der Waals surface area (Å²) in [6.07, 6.45) is 15.1. The third-order valence-corrected chi connectivity index (χ3v) is 4.16. The number of aliphatic hydroxyl groups excluding tert-OH is 1. The van der Waals surface area contributed by atoms with Gasteiger partial charge in [0.25, 0.3) is 0 Å². The molecule has 1 heterocycles. The summed E-state index contributed by atoms with van der Waals surface area (Å²) in [5, 5.41) is 18.6. The molecule has 3 atom stereocenters. The number of carbonyl (C=O) groups is 1. The Bertz CT molecular complexity index is 327. The SMILES string of the molecule is CCCCC/C=C\CC[C@@H](O)CCCCCC1O[C@@H]1C(=O)O. The molecule has 1 unspecified atom stereocenters. The quantitative estimate of drug-likeness (QED) is 0.288. The zero-order valence-corrected chi connectivity index (χ0v) is 13.9. The molecule has 0 radical (unpaired) electrons. The molecule has 0 aromatic carbocycles. The van der Waals surface area contributed by atoms with E-state index in [4.69, 9.17) is 9.84 Å². The maximum Gasteiger partial charge on any atom is 0.335 e. The van der Waals surface area contributed by atoms with E-state index >= 15 is 0 Å². The van der Waals surface area contributed by atoms with Crippen molar-refractivity contribution < 1.29 is 19.7 Å². The zero-order valence-electron chi connectivity index (χ0n) is 13.9. The Morgan fingerprint density at radius 1 is 1.09 bits per heavy atom. The van der Waals surface area contributed by atoms with E-state index in [0.717, 1.165) is 51.4 Å². The van der Waals surface area contributed by atoms with E-state index in [9.17, 15) is 9.90 Å². The summed E-state index contributed by atoms with van der Waals surface area (Å²) < 4.78 is 5.05. The molecule has 0 aromatic rings. The van der Waals surface area contributed by atoms with Crippen LogP contribution in [0.4, 0.5) is 0 Å². The summed E-state index contributed by atoms with van der Waals surface area (Å²) in [4.78, 5) is 10.6. The molecule has 0 saturated carbocycles. The van der Waals surface area contributed by atoms with Crippen molar-refractivity contribution in [2.45, 2.75) is 95.9 Å². The number of allylic oxidation sites excluding steroid dienone is 2. The highest BCUT2D eigenvalue weighted by Crippen LogP contribution is 2.27. The Morgan fingerprint density at radius 3 is 2.55 bits per heavy atom. The highest BCUT2D eigenvalue weighted by atomic mass is 16.6. The second-order valence-electron chi connectivity index (χ2n) is 6.27. The molecule has 2 N–H and O–H groups in total. The van der Waals surface area contributed by atoms with Crippen LogP contribution in [0.5, 0.6) is 0 Å². The van der Waals surface area contributed by atoms with Crippen LogP contribution in [0.3, 0.4) is 0 Å². The first-order chi connectivity index (χ1) is 10.6. The predicted octanol–water partition coefficient (Wildman–Crippen LogP) is 4.07. The van der Waals surface area contributed by atoms with Crippen LogP contribution >= 0.6 is 0 Å². The summed E-state index contributed by atoms with van der Waals surface area (Å²) in [7, 11) is 0. The van der Waals surface area contributed by atoms with Crippen molar-refractivity contribution in [3.8, 4) is 0 Å². The van der Waals surface area contributed by atoms with Crippen molar-refractivity contribution in [1.29, 1.82) is 0 Å². The van der Waals surface area contributed by atoms with Gasteiger partial charge in [0.15, 0.2) is 6.10 Å². The van der Waals surface area contributed by atoms with Crippen LogP contribution in [0.1, 0.15) is 77.6 Å². The summed E-state index contributed by atoms with van der Waals surface area (Å²) in [6, 6.07) is 0. The number of aliphatic hydroxyl groups is 1. The largest absolute Gasteiger partial charge is 0.479 e. The van der Waals surface area contributed by atoms with E-state index in [2.05, 4.69) is 19.1 Å². The van der Waals surface area contributed by atoms with Gasteiger partial charge in [0, 0.05) is 0 Å². The molecule has 1 fully saturated rings. The van der Waals surface area contributed by atoms with Crippen LogP contribution in [0.2, 0.25) is 0 Å². The van der Waals surface area contributed by atoms with Gasteiger partial charge in [-0.25, -0.2) is 4.79 Å². The Kier molecular flexibility index (Phi) is 10.2. The van der Waals surface area contributed by atoms with Gasteiger partial charge in [-0.1, -0.05) is 51.2 Å². The fraction of sp³-hybridized carbons (Fsp3) is 0.833. The summed E-state index contributed by atoms with van der Waals surface area (Å²) >= 11 is 0. The molecule has 1 aliphatic heterocycles. The van der Waals surface area contributed by atoms with E-state index in [1.54, 1.807) is 0 Å². The third kappa shape index (κ3) is 9.21. The number of carboxylic acid groups (broad SMARTS) is 1. The number of ether oxygens (including phenoxy) is 1. The van der Waals surface area contributed by atoms with Gasteiger partial charge >= 0.3 is 5.97 Å². The Hall–Kier alpha value is -0.870. The Morgan fingerprint density at radius 2 is 1.86 bits per heavy atom. The molecule has 22 heavy (non-hydrogen) atoms. The molecule has 1 aliphatic rings. The van der Waals surface area contributed by atoms with Crippen LogP contribution < -0.4 is 0 Å². The number of epoxide rings is 1. The molecule has 0 spiro atoms. The van der Waals surface area contributed by atoms with E-state index in [0.29, 0.717) is 0 Å². The fourth-order valence-corrected chi connectivity index (χ4v) is 2.66. The van der Waals surface area contributed by atoms with Gasteiger partial charge in [0.05, 0.1) is 12.2 Å².